The van der Waals surface area contributed by atoms with Gasteiger partial charge in [-0.05, 0) is 13.0 Å². The molecule has 12 heavy (non-hydrogen) atoms. The van der Waals surface area contributed by atoms with Crippen molar-refractivity contribution in [3.8, 4) is 0 Å². The van der Waals surface area contributed by atoms with Crippen LogP contribution in [-0.4, -0.2) is 38.1 Å². The van der Waals surface area contributed by atoms with Gasteiger partial charge in [-0.25, -0.2) is 0 Å². The van der Waals surface area contributed by atoms with Crippen LogP contribution in [-0.2, 0) is 4.79 Å². The second-order valence-corrected chi connectivity index (χ2v) is 3.55. The Morgan fingerprint density at radius 1 is 1.25 bits per heavy atom. The summed E-state index contributed by atoms with van der Waals surface area (Å²) in [6.07, 6.45) is 0.992. The number of hydrogen-bond acceptors (Lipinski definition) is 3. The summed E-state index contributed by atoms with van der Waals surface area (Å²) in [6.45, 7) is 3.71. The molecule has 0 aliphatic carbocycles. The molecule has 2 aliphatic rings. The van der Waals surface area contributed by atoms with Gasteiger partial charge in [0.1, 0.15) is 0 Å². The van der Waals surface area contributed by atoms with Crippen LogP contribution in [0.3, 0.4) is 0 Å². The predicted octanol–water partition coefficient (Wildman–Crippen LogP) is -1.32. The molecule has 1 atom stereocenters. The third-order valence-electron chi connectivity index (χ3n) is 2.56. The highest BCUT2D eigenvalue weighted by Gasteiger charge is 2.26. The smallest absolute Gasteiger partial charge is 0.224 e. The molecule has 2 rings (SSSR count). The van der Waals surface area contributed by atoms with Crippen LogP contribution in [0.2, 0.25) is 0 Å². The average molecular weight is 169 g/mol. The molecular weight excluding hydrogens is 154 g/mol. The number of rotatable bonds is 2. The molecule has 2 aliphatic heterocycles. The van der Waals surface area contributed by atoms with Crippen molar-refractivity contribution in [2.75, 3.05) is 26.2 Å². The Balaban J connectivity index is 1.74. The number of carbonyl (C=O) groups is 1. The molecule has 4 nitrogen and oxygen atoms in total. The summed E-state index contributed by atoms with van der Waals surface area (Å²) in [7, 11) is 0. The average Bonchev–Trinajstić information content (AvgIpc) is 2.47. The van der Waals surface area contributed by atoms with Gasteiger partial charge in [-0.1, -0.05) is 0 Å². The lowest BCUT2D eigenvalue weighted by atomic mass is 10.1. The first-order valence-electron chi connectivity index (χ1n) is 4.58. The Morgan fingerprint density at radius 3 is 2.58 bits per heavy atom. The van der Waals surface area contributed by atoms with Gasteiger partial charge in [0.25, 0.3) is 0 Å². The minimum absolute atomic E-state index is 0.214. The van der Waals surface area contributed by atoms with E-state index < -0.39 is 0 Å². The zero-order chi connectivity index (χ0) is 8.39. The minimum Gasteiger partial charge on any atom is -0.351 e. The zero-order valence-corrected chi connectivity index (χ0v) is 7.10. The van der Waals surface area contributed by atoms with Crippen LogP contribution in [0.25, 0.3) is 0 Å². The summed E-state index contributed by atoms with van der Waals surface area (Å²) < 4.78 is 0. The van der Waals surface area contributed by atoms with Crippen LogP contribution in [0.4, 0.5) is 0 Å². The van der Waals surface area contributed by atoms with E-state index in [0.29, 0.717) is 6.04 Å². The monoisotopic (exact) mass is 169 g/mol. The predicted molar refractivity (Wildman–Crippen MR) is 45.8 cm³/mol. The first-order chi connectivity index (χ1) is 5.86. The van der Waals surface area contributed by atoms with Crippen LogP contribution in [0.5, 0.6) is 0 Å². The van der Waals surface area contributed by atoms with E-state index in [1.807, 2.05) is 0 Å². The minimum atomic E-state index is 0.214. The van der Waals surface area contributed by atoms with E-state index >= 15 is 0 Å². The summed E-state index contributed by atoms with van der Waals surface area (Å²) in [5.74, 6) is 0.442. The molecule has 2 heterocycles. The van der Waals surface area contributed by atoms with Gasteiger partial charge in [0.2, 0.25) is 5.91 Å². The van der Waals surface area contributed by atoms with Crippen molar-refractivity contribution in [1.82, 2.24) is 16.0 Å². The lowest BCUT2D eigenvalue weighted by molar-refractivity contribution is -0.125. The summed E-state index contributed by atoms with van der Waals surface area (Å²) in [5, 5.41) is 9.33. The zero-order valence-electron chi connectivity index (χ0n) is 7.10. The molecule has 1 amide bonds. The van der Waals surface area contributed by atoms with Crippen molar-refractivity contribution in [1.29, 1.82) is 0 Å². The van der Waals surface area contributed by atoms with Crippen molar-refractivity contribution < 1.29 is 4.79 Å². The maximum Gasteiger partial charge on any atom is 0.224 e. The van der Waals surface area contributed by atoms with Crippen molar-refractivity contribution in [2.45, 2.75) is 12.5 Å². The van der Waals surface area contributed by atoms with Crippen molar-refractivity contribution in [3.05, 3.63) is 0 Å². The number of carbonyl (C=O) groups excluding carboxylic acids is 1. The molecule has 0 aromatic carbocycles. The third-order valence-corrected chi connectivity index (χ3v) is 2.56. The molecule has 0 aromatic heterocycles. The Morgan fingerprint density at radius 2 is 2.08 bits per heavy atom. The van der Waals surface area contributed by atoms with Gasteiger partial charge in [0.15, 0.2) is 0 Å². The van der Waals surface area contributed by atoms with Gasteiger partial charge in [-0.15, -0.1) is 0 Å². The quantitative estimate of drug-likeness (QED) is 0.481. The third kappa shape index (κ3) is 1.59. The Kier molecular flexibility index (Phi) is 2.28. The molecule has 2 saturated heterocycles. The molecule has 0 unspecified atom stereocenters. The SMILES string of the molecule is O=C(NC1CNC1)[C@@H]1CCNC1. The molecule has 68 valence electrons. The fourth-order valence-corrected chi connectivity index (χ4v) is 1.59. The van der Waals surface area contributed by atoms with E-state index in [1.54, 1.807) is 0 Å². The van der Waals surface area contributed by atoms with Gasteiger partial charge in [-0.2, -0.15) is 0 Å². The van der Waals surface area contributed by atoms with E-state index in [2.05, 4.69) is 16.0 Å². The number of amides is 1. The highest BCUT2D eigenvalue weighted by molar-refractivity contribution is 5.79. The van der Waals surface area contributed by atoms with Crippen LogP contribution in [0.1, 0.15) is 6.42 Å². The van der Waals surface area contributed by atoms with E-state index in [1.165, 1.54) is 0 Å². The van der Waals surface area contributed by atoms with E-state index in [0.717, 1.165) is 32.6 Å². The molecular formula is C8H15N3O. The molecule has 0 aromatic rings. The maximum absolute atomic E-state index is 11.5. The fourth-order valence-electron chi connectivity index (χ4n) is 1.59. The maximum atomic E-state index is 11.5. The largest absolute Gasteiger partial charge is 0.351 e. The molecule has 0 bridgehead atoms. The second kappa shape index (κ2) is 3.41. The fraction of sp³-hybridized carbons (Fsp3) is 0.875. The van der Waals surface area contributed by atoms with E-state index in [-0.39, 0.29) is 11.8 Å². The molecule has 2 fully saturated rings. The van der Waals surface area contributed by atoms with E-state index in [4.69, 9.17) is 0 Å². The van der Waals surface area contributed by atoms with Crippen LogP contribution >= 0.6 is 0 Å². The van der Waals surface area contributed by atoms with Crippen molar-refractivity contribution >= 4 is 5.91 Å². The van der Waals surface area contributed by atoms with Crippen LogP contribution in [0, 0.1) is 5.92 Å². The van der Waals surface area contributed by atoms with Gasteiger partial charge in [0.05, 0.1) is 12.0 Å². The molecule has 0 radical (unpaired) electrons. The van der Waals surface area contributed by atoms with Crippen LogP contribution in [0.15, 0.2) is 0 Å². The van der Waals surface area contributed by atoms with Crippen molar-refractivity contribution in [3.63, 3.8) is 0 Å². The number of nitrogens with one attached hydrogen (secondary N) is 3. The summed E-state index contributed by atoms with van der Waals surface area (Å²) in [5.41, 5.74) is 0. The Bertz CT molecular complexity index is 173. The standard InChI is InChI=1S/C8H15N3O/c12-8(6-1-2-9-3-6)11-7-4-10-5-7/h6-7,9-10H,1-5H2,(H,11,12)/t6-/m1/s1. The van der Waals surface area contributed by atoms with Gasteiger partial charge < -0.3 is 16.0 Å². The number of hydrogen-bond donors (Lipinski definition) is 3. The molecule has 0 spiro atoms. The first kappa shape index (κ1) is 8.01. The summed E-state index contributed by atoms with van der Waals surface area (Å²) in [6, 6.07) is 0.387. The van der Waals surface area contributed by atoms with Gasteiger partial charge >= 0.3 is 0 Å². The highest BCUT2D eigenvalue weighted by atomic mass is 16.2. The lowest BCUT2D eigenvalue weighted by Gasteiger charge is -2.28. The normalized spacial score (nSPS) is 29.8. The van der Waals surface area contributed by atoms with Crippen molar-refractivity contribution in [2.24, 2.45) is 5.92 Å². The van der Waals surface area contributed by atoms with Gasteiger partial charge in [-0.3, -0.25) is 4.79 Å². The second-order valence-electron chi connectivity index (χ2n) is 3.55. The molecule has 0 saturated carbocycles. The lowest BCUT2D eigenvalue weighted by Crippen LogP contribution is -2.58. The first-order valence-corrected chi connectivity index (χ1v) is 4.58. The summed E-state index contributed by atoms with van der Waals surface area (Å²) >= 11 is 0. The van der Waals surface area contributed by atoms with Crippen LogP contribution < -0.4 is 16.0 Å². The van der Waals surface area contributed by atoms with Gasteiger partial charge in [0, 0.05) is 19.6 Å². The van der Waals surface area contributed by atoms with E-state index in [9.17, 15) is 4.79 Å². The highest BCUT2D eigenvalue weighted by Crippen LogP contribution is 2.07. The topological polar surface area (TPSA) is 53.2 Å². The Labute approximate surface area is 72.1 Å². The molecule has 3 N–H and O–H groups in total. The summed E-state index contributed by atoms with van der Waals surface area (Å²) in [4.78, 5) is 11.5. The molecule has 4 heteroatoms. The Hall–Kier alpha value is -0.610.